The fourth-order valence-electron chi connectivity index (χ4n) is 3.34. The van der Waals surface area contributed by atoms with Crippen molar-refractivity contribution in [3.05, 3.63) is 75.7 Å². The van der Waals surface area contributed by atoms with Crippen LogP contribution in [0.15, 0.2) is 53.9 Å². The molecule has 1 aliphatic heterocycles. The summed E-state index contributed by atoms with van der Waals surface area (Å²) in [6.07, 6.45) is 0.390. The van der Waals surface area contributed by atoms with E-state index in [2.05, 4.69) is 10.3 Å². The van der Waals surface area contributed by atoms with Crippen molar-refractivity contribution in [3.63, 3.8) is 0 Å². The second-order valence-corrected chi connectivity index (χ2v) is 9.78. The summed E-state index contributed by atoms with van der Waals surface area (Å²) in [6, 6.07) is 14.5. The van der Waals surface area contributed by atoms with Gasteiger partial charge < -0.3 is 15.0 Å². The fourth-order valence-corrected chi connectivity index (χ4v) is 4.84. The van der Waals surface area contributed by atoms with Crippen molar-refractivity contribution < 1.29 is 14.3 Å². The Balaban J connectivity index is 1.28. The second kappa shape index (κ2) is 10.7. The van der Waals surface area contributed by atoms with Crippen molar-refractivity contribution in [1.82, 2.24) is 9.88 Å². The lowest BCUT2D eigenvalue weighted by Crippen LogP contribution is -2.38. The number of anilines is 1. The minimum atomic E-state index is -0.193. The molecule has 8 heteroatoms. The van der Waals surface area contributed by atoms with Gasteiger partial charge in [0.05, 0.1) is 17.1 Å². The van der Waals surface area contributed by atoms with E-state index in [1.807, 2.05) is 53.2 Å². The van der Waals surface area contributed by atoms with Gasteiger partial charge in [0.1, 0.15) is 12.4 Å². The first-order valence-corrected chi connectivity index (χ1v) is 12.5. The van der Waals surface area contributed by atoms with Crippen LogP contribution in [0, 0.1) is 6.92 Å². The van der Waals surface area contributed by atoms with E-state index in [-0.39, 0.29) is 11.8 Å². The van der Waals surface area contributed by atoms with Crippen molar-refractivity contribution in [2.75, 3.05) is 29.9 Å². The van der Waals surface area contributed by atoms with E-state index < -0.39 is 0 Å². The molecule has 2 heterocycles. The van der Waals surface area contributed by atoms with Gasteiger partial charge >= 0.3 is 0 Å². The normalized spacial score (nSPS) is 13.6. The third kappa shape index (κ3) is 6.11. The summed E-state index contributed by atoms with van der Waals surface area (Å²) in [5.41, 5.74) is 3.08. The quantitative estimate of drug-likeness (QED) is 0.558. The molecule has 0 atom stereocenters. The SMILES string of the molecule is Cc1nc(COc2ccc(C(=O)Nc3ccc(CC(=O)N4CCSCC4)cc3)cc2)cs1. The molecule has 2 aromatic carbocycles. The van der Waals surface area contributed by atoms with Crippen molar-refractivity contribution in [1.29, 1.82) is 0 Å². The number of aromatic nitrogens is 1. The minimum absolute atomic E-state index is 0.161. The average Bonchev–Trinajstić information content (AvgIpc) is 3.25. The van der Waals surface area contributed by atoms with Crippen LogP contribution in [0.25, 0.3) is 0 Å². The number of hydrogen-bond donors (Lipinski definition) is 1. The third-order valence-electron chi connectivity index (χ3n) is 5.10. The lowest BCUT2D eigenvalue weighted by atomic mass is 10.1. The molecule has 1 N–H and O–H groups in total. The summed E-state index contributed by atoms with van der Waals surface area (Å²) >= 11 is 3.48. The first-order valence-electron chi connectivity index (χ1n) is 10.5. The Morgan fingerprint density at radius 3 is 2.44 bits per heavy atom. The predicted octanol–water partition coefficient (Wildman–Crippen LogP) is 4.40. The van der Waals surface area contributed by atoms with Crippen LogP contribution in [0.5, 0.6) is 5.75 Å². The number of amides is 2. The van der Waals surface area contributed by atoms with Crippen LogP contribution in [0.4, 0.5) is 5.69 Å². The van der Waals surface area contributed by atoms with Gasteiger partial charge in [-0.2, -0.15) is 11.8 Å². The van der Waals surface area contributed by atoms with Gasteiger partial charge in [-0.25, -0.2) is 4.98 Å². The van der Waals surface area contributed by atoms with Crippen LogP contribution < -0.4 is 10.1 Å². The second-order valence-electron chi connectivity index (χ2n) is 7.49. The number of carbonyl (C=O) groups excluding carboxylic acids is 2. The summed E-state index contributed by atoms with van der Waals surface area (Å²) in [5, 5.41) is 5.88. The Labute approximate surface area is 196 Å². The minimum Gasteiger partial charge on any atom is -0.487 e. The molecule has 1 saturated heterocycles. The molecule has 1 aromatic heterocycles. The van der Waals surface area contributed by atoms with Crippen LogP contribution in [0.1, 0.15) is 26.6 Å². The molecule has 6 nitrogen and oxygen atoms in total. The van der Waals surface area contributed by atoms with Gasteiger partial charge in [0.25, 0.3) is 5.91 Å². The maximum Gasteiger partial charge on any atom is 0.255 e. The maximum absolute atomic E-state index is 12.6. The molecule has 0 unspecified atom stereocenters. The van der Waals surface area contributed by atoms with E-state index in [0.29, 0.717) is 30.0 Å². The van der Waals surface area contributed by atoms with Gasteiger partial charge in [0.2, 0.25) is 5.91 Å². The summed E-state index contributed by atoms with van der Waals surface area (Å²) < 4.78 is 5.73. The number of nitrogens with one attached hydrogen (secondary N) is 1. The number of hydrogen-bond acceptors (Lipinski definition) is 6. The molecule has 2 amide bonds. The van der Waals surface area contributed by atoms with Crippen LogP contribution in [0.3, 0.4) is 0 Å². The molecule has 3 aromatic rings. The van der Waals surface area contributed by atoms with Crippen LogP contribution in [0.2, 0.25) is 0 Å². The highest BCUT2D eigenvalue weighted by Crippen LogP contribution is 2.18. The predicted molar refractivity (Wildman–Crippen MR) is 130 cm³/mol. The molecule has 0 bridgehead atoms. The molecular weight excluding hydrogens is 442 g/mol. The highest BCUT2D eigenvalue weighted by atomic mass is 32.2. The molecule has 166 valence electrons. The van der Waals surface area contributed by atoms with E-state index in [1.165, 1.54) is 0 Å². The average molecular weight is 468 g/mol. The number of aryl methyl sites for hydroxylation is 1. The van der Waals surface area contributed by atoms with Gasteiger partial charge in [-0.1, -0.05) is 12.1 Å². The number of rotatable bonds is 7. The standard InChI is InChI=1S/C24H25N3O3S2/c1-17-25-21(16-32-17)15-30-22-8-4-19(5-9-22)24(29)26-20-6-2-18(3-7-20)14-23(28)27-10-12-31-13-11-27/h2-9,16H,10-15H2,1H3,(H,26,29). The van der Waals surface area contributed by atoms with Crippen molar-refractivity contribution in [3.8, 4) is 5.75 Å². The number of thiazole rings is 1. The van der Waals surface area contributed by atoms with Crippen molar-refractivity contribution >= 4 is 40.6 Å². The number of carbonyl (C=O) groups is 2. The summed E-state index contributed by atoms with van der Waals surface area (Å²) in [7, 11) is 0. The molecule has 0 spiro atoms. The molecule has 0 saturated carbocycles. The van der Waals surface area contributed by atoms with Gasteiger partial charge in [0.15, 0.2) is 0 Å². The van der Waals surface area contributed by atoms with Crippen molar-refractivity contribution in [2.24, 2.45) is 0 Å². The number of ether oxygens (including phenoxy) is 1. The van der Waals surface area contributed by atoms with Crippen LogP contribution in [-0.2, 0) is 17.8 Å². The van der Waals surface area contributed by atoms with Gasteiger partial charge in [0, 0.05) is 41.2 Å². The van der Waals surface area contributed by atoms with Crippen LogP contribution >= 0.6 is 23.1 Å². The molecular formula is C24H25N3O3S2. The van der Waals surface area contributed by atoms with E-state index in [0.717, 1.165) is 40.9 Å². The molecule has 1 fully saturated rings. The lowest BCUT2D eigenvalue weighted by molar-refractivity contribution is -0.130. The Morgan fingerprint density at radius 1 is 1.06 bits per heavy atom. The summed E-state index contributed by atoms with van der Waals surface area (Å²) in [5.74, 6) is 2.68. The maximum atomic E-state index is 12.6. The monoisotopic (exact) mass is 467 g/mol. The Bertz CT molecular complexity index is 1060. The van der Waals surface area contributed by atoms with Crippen molar-refractivity contribution in [2.45, 2.75) is 20.0 Å². The third-order valence-corrected chi connectivity index (χ3v) is 6.87. The highest BCUT2D eigenvalue weighted by molar-refractivity contribution is 7.99. The molecule has 4 rings (SSSR count). The van der Waals surface area contributed by atoms with Gasteiger partial charge in [-0.15, -0.1) is 11.3 Å². The van der Waals surface area contributed by atoms with E-state index in [1.54, 1.807) is 35.6 Å². The summed E-state index contributed by atoms with van der Waals surface area (Å²) in [4.78, 5) is 31.3. The molecule has 1 aliphatic rings. The first kappa shape index (κ1) is 22.4. The van der Waals surface area contributed by atoms with Gasteiger partial charge in [-0.3, -0.25) is 9.59 Å². The Hall–Kier alpha value is -2.84. The topological polar surface area (TPSA) is 71.5 Å². The lowest BCUT2D eigenvalue weighted by Gasteiger charge is -2.26. The zero-order valence-electron chi connectivity index (χ0n) is 17.9. The van der Waals surface area contributed by atoms with E-state index in [9.17, 15) is 9.59 Å². The first-order chi connectivity index (χ1) is 15.6. The zero-order valence-corrected chi connectivity index (χ0v) is 19.5. The Morgan fingerprint density at radius 2 is 1.78 bits per heavy atom. The smallest absolute Gasteiger partial charge is 0.255 e. The molecule has 32 heavy (non-hydrogen) atoms. The largest absolute Gasteiger partial charge is 0.487 e. The molecule has 0 aliphatic carbocycles. The number of thioether (sulfide) groups is 1. The fraction of sp³-hybridized carbons (Fsp3) is 0.292. The molecule has 0 radical (unpaired) electrons. The summed E-state index contributed by atoms with van der Waals surface area (Å²) in [6.45, 7) is 4.02. The van der Waals surface area contributed by atoms with Gasteiger partial charge in [-0.05, 0) is 48.9 Å². The van der Waals surface area contributed by atoms with Crippen LogP contribution in [-0.4, -0.2) is 46.3 Å². The number of nitrogens with zero attached hydrogens (tertiary/aromatic N) is 2. The number of benzene rings is 2. The van der Waals surface area contributed by atoms with E-state index in [4.69, 9.17) is 4.74 Å². The Kier molecular flexibility index (Phi) is 7.44. The van der Waals surface area contributed by atoms with E-state index >= 15 is 0 Å². The highest BCUT2D eigenvalue weighted by Gasteiger charge is 2.17. The zero-order chi connectivity index (χ0) is 22.3.